The Labute approximate surface area is 93.1 Å². The lowest BCUT2D eigenvalue weighted by Crippen LogP contribution is -2.26. The topological polar surface area (TPSA) is 21.1 Å². The molecular formula is C12H23N3. The molecule has 0 aromatic carbocycles. The minimum Gasteiger partial charge on any atom is -0.335 e. The number of rotatable bonds is 7. The van der Waals surface area contributed by atoms with Crippen LogP contribution in [0, 0.1) is 0 Å². The van der Waals surface area contributed by atoms with Gasteiger partial charge < -0.3 is 9.47 Å². The molecule has 3 heteroatoms. The van der Waals surface area contributed by atoms with E-state index in [2.05, 4.69) is 35.2 Å². The molecule has 0 aliphatic heterocycles. The Morgan fingerprint density at radius 2 is 2.13 bits per heavy atom. The summed E-state index contributed by atoms with van der Waals surface area (Å²) in [7, 11) is 0. The van der Waals surface area contributed by atoms with E-state index < -0.39 is 0 Å². The molecule has 0 N–H and O–H groups in total. The standard InChI is InChI=1S/C12H23N3/c1-4-8-14(5-2)9-6-12(3)15-10-7-13-11-15/h7,10-12H,4-6,8-9H2,1-3H3. The van der Waals surface area contributed by atoms with Crippen LogP contribution in [0.15, 0.2) is 18.7 Å². The molecule has 0 aliphatic rings. The Kier molecular flexibility index (Phi) is 5.40. The number of imidazole rings is 1. The first-order valence-electron chi connectivity index (χ1n) is 5.97. The monoisotopic (exact) mass is 209 g/mol. The molecule has 0 fully saturated rings. The Morgan fingerprint density at radius 1 is 1.33 bits per heavy atom. The summed E-state index contributed by atoms with van der Waals surface area (Å²) in [6, 6.07) is 0.554. The fraction of sp³-hybridized carbons (Fsp3) is 0.750. The van der Waals surface area contributed by atoms with Crippen molar-refractivity contribution in [3.63, 3.8) is 0 Å². The highest BCUT2D eigenvalue weighted by Gasteiger charge is 2.06. The number of nitrogens with zero attached hydrogens (tertiary/aromatic N) is 3. The van der Waals surface area contributed by atoms with Crippen molar-refractivity contribution in [2.24, 2.45) is 0 Å². The summed E-state index contributed by atoms with van der Waals surface area (Å²) in [5.41, 5.74) is 0. The van der Waals surface area contributed by atoms with Gasteiger partial charge in [0.1, 0.15) is 0 Å². The van der Waals surface area contributed by atoms with Gasteiger partial charge in [0.15, 0.2) is 0 Å². The summed E-state index contributed by atoms with van der Waals surface area (Å²) in [5, 5.41) is 0. The molecule has 15 heavy (non-hydrogen) atoms. The van der Waals surface area contributed by atoms with E-state index in [-0.39, 0.29) is 0 Å². The molecule has 0 spiro atoms. The molecule has 1 rings (SSSR count). The molecule has 86 valence electrons. The zero-order chi connectivity index (χ0) is 11.1. The maximum absolute atomic E-state index is 4.08. The van der Waals surface area contributed by atoms with Crippen LogP contribution >= 0.6 is 0 Å². The quantitative estimate of drug-likeness (QED) is 0.688. The first-order valence-corrected chi connectivity index (χ1v) is 5.97. The lowest BCUT2D eigenvalue weighted by molar-refractivity contribution is 0.267. The van der Waals surface area contributed by atoms with Gasteiger partial charge >= 0.3 is 0 Å². The molecule has 0 saturated heterocycles. The molecule has 0 amide bonds. The van der Waals surface area contributed by atoms with Gasteiger partial charge in [0.25, 0.3) is 0 Å². The third kappa shape index (κ3) is 4.04. The fourth-order valence-electron chi connectivity index (χ4n) is 1.79. The van der Waals surface area contributed by atoms with Gasteiger partial charge in [-0.15, -0.1) is 0 Å². The van der Waals surface area contributed by atoms with Gasteiger partial charge in [-0.2, -0.15) is 0 Å². The van der Waals surface area contributed by atoms with E-state index in [1.165, 1.54) is 25.9 Å². The van der Waals surface area contributed by atoms with E-state index in [0.29, 0.717) is 6.04 Å². The highest BCUT2D eigenvalue weighted by molar-refractivity contribution is 4.79. The predicted molar refractivity (Wildman–Crippen MR) is 64.0 cm³/mol. The first-order chi connectivity index (χ1) is 7.27. The second kappa shape index (κ2) is 6.62. The summed E-state index contributed by atoms with van der Waals surface area (Å²) < 4.78 is 2.18. The second-order valence-electron chi connectivity index (χ2n) is 4.08. The van der Waals surface area contributed by atoms with Crippen molar-refractivity contribution in [3.8, 4) is 0 Å². The fourth-order valence-corrected chi connectivity index (χ4v) is 1.79. The molecule has 0 aliphatic carbocycles. The zero-order valence-corrected chi connectivity index (χ0v) is 10.2. The van der Waals surface area contributed by atoms with Crippen molar-refractivity contribution in [2.45, 2.75) is 39.7 Å². The summed E-state index contributed by atoms with van der Waals surface area (Å²) >= 11 is 0. The van der Waals surface area contributed by atoms with Gasteiger partial charge in [-0.25, -0.2) is 4.98 Å². The largest absolute Gasteiger partial charge is 0.335 e. The molecule has 0 bridgehead atoms. The summed E-state index contributed by atoms with van der Waals surface area (Å²) in [6.07, 6.45) is 8.24. The average Bonchev–Trinajstić information content (AvgIpc) is 2.77. The van der Waals surface area contributed by atoms with Crippen molar-refractivity contribution in [1.29, 1.82) is 0 Å². The average molecular weight is 209 g/mol. The lowest BCUT2D eigenvalue weighted by Gasteiger charge is -2.22. The smallest absolute Gasteiger partial charge is 0.0948 e. The maximum Gasteiger partial charge on any atom is 0.0948 e. The maximum atomic E-state index is 4.08. The Morgan fingerprint density at radius 3 is 2.67 bits per heavy atom. The third-order valence-corrected chi connectivity index (χ3v) is 2.88. The molecule has 3 nitrogen and oxygen atoms in total. The van der Waals surface area contributed by atoms with E-state index in [0.717, 1.165) is 6.54 Å². The van der Waals surface area contributed by atoms with Crippen molar-refractivity contribution >= 4 is 0 Å². The van der Waals surface area contributed by atoms with Crippen LogP contribution in [0.1, 0.15) is 39.7 Å². The molecule has 1 unspecified atom stereocenters. The van der Waals surface area contributed by atoms with E-state index >= 15 is 0 Å². The van der Waals surface area contributed by atoms with E-state index in [4.69, 9.17) is 0 Å². The van der Waals surface area contributed by atoms with Crippen LogP contribution < -0.4 is 0 Å². The van der Waals surface area contributed by atoms with Crippen LogP contribution in [0.4, 0.5) is 0 Å². The van der Waals surface area contributed by atoms with Crippen LogP contribution in [-0.4, -0.2) is 34.1 Å². The molecule has 1 aromatic rings. The van der Waals surface area contributed by atoms with Gasteiger partial charge in [0.05, 0.1) is 6.33 Å². The minimum atomic E-state index is 0.554. The number of aromatic nitrogens is 2. The molecule has 0 saturated carbocycles. The predicted octanol–water partition coefficient (Wildman–Crippen LogP) is 2.57. The zero-order valence-electron chi connectivity index (χ0n) is 10.2. The lowest BCUT2D eigenvalue weighted by atomic mass is 10.2. The molecule has 1 atom stereocenters. The number of hydrogen-bond acceptors (Lipinski definition) is 2. The van der Waals surface area contributed by atoms with Crippen LogP contribution in [0.25, 0.3) is 0 Å². The number of hydrogen-bond donors (Lipinski definition) is 0. The van der Waals surface area contributed by atoms with E-state index in [1.54, 1.807) is 0 Å². The van der Waals surface area contributed by atoms with Gasteiger partial charge in [-0.1, -0.05) is 13.8 Å². The molecule has 1 heterocycles. The van der Waals surface area contributed by atoms with Gasteiger partial charge in [-0.3, -0.25) is 0 Å². The second-order valence-corrected chi connectivity index (χ2v) is 4.08. The van der Waals surface area contributed by atoms with E-state index in [1.807, 2.05) is 18.7 Å². The van der Waals surface area contributed by atoms with Crippen LogP contribution in [0.3, 0.4) is 0 Å². The third-order valence-electron chi connectivity index (χ3n) is 2.88. The molecular weight excluding hydrogens is 186 g/mol. The van der Waals surface area contributed by atoms with Gasteiger partial charge in [0, 0.05) is 25.0 Å². The van der Waals surface area contributed by atoms with Crippen LogP contribution in [-0.2, 0) is 0 Å². The summed E-state index contributed by atoms with van der Waals surface area (Å²) in [4.78, 5) is 6.58. The van der Waals surface area contributed by atoms with Gasteiger partial charge in [-0.05, 0) is 32.9 Å². The van der Waals surface area contributed by atoms with Gasteiger partial charge in [0.2, 0.25) is 0 Å². The highest BCUT2D eigenvalue weighted by Crippen LogP contribution is 2.10. The van der Waals surface area contributed by atoms with Crippen LogP contribution in [0.2, 0.25) is 0 Å². The Hall–Kier alpha value is -0.830. The van der Waals surface area contributed by atoms with Crippen molar-refractivity contribution in [2.75, 3.05) is 19.6 Å². The Bertz CT molecular complexity index is 243. The van der Waals surface area contributed by atoms with Crippen molar-refractivity contribution < 1.29 is 0 Å². The summed E-state index contributed by atoms with van der Waals surface area (Å²) in [5.74, 6) is 0. The highest BCUT2D eigenvalue weighted by atomic mass is 15.1. The normalized spacial score (nSPS) is 13.3. The van der Waals surface area contributed by atoms with Crippen molar-refractivity contribution in [1.82, 2.24) is 14.5 Å². The van der Waals surface area contributed by atoms with Crippen molar-refractivity contribution in [3.05, 3.63) is 18.7 Å². The molecule has 1 aromatic heterocycles. The van der Waals surface area contributed by atoms with E-state index in [9.17, 15) is 0 Å². The minimum absolute atomic E-state index is 0.554. The first kappa shape index (κ1) is 12.2. The van der Waals surface area contributed by atoms with Crippen LogP contribution in [0.5, 0.6) is 0 Å². The SMILES string of the molecule is CCCN(CC)CCC(C)n1ccnc1. The summed E-state index contributed by atoms with van der Waals surface area (Å²) in [6.45, 7) is 10.3. The molecule has 0 radical (unpaired) electrons. The Balaban J connectivity index is 2.29.